The largest absolute Gasteiger partial charge is 0.383 e. The van der Waals surface area contributed by atoms with Gasteiger partial charge < -0.3 is 20.5 Å². The van der Waals surface area contributed by atoms with Gasteiger partial charge in [-0.3, -0.25) is 4.79 Å². The quantitative estimate of drug-likeness (QED) is 0.624. The van der Waals surface area contributed by atoms with Crippen molar-refractivity contribution in [1.29, 1.82) is 0 Å². The number of fused-ring (bicyclic) bond motifs is 1. The highest BCUT2D eigenvalue weighted by Gasteiger charge is 2.37. The number of carbonyl (C=O) groups is 1. The number of nitrogens with zero attached hydrogens (tertiary/aromatic N) is 4. The van der Waals surface area contributed by atoms with E-state index in [1.165, 1.54) is 19.2 Å². The van der Waals surface area contributed by atoms with Gasteiger partial charge in [0.1, 0.15) is 17.8 Å². The molecule has 0 radical (unpaired) electrons. The van der Waals surface area contributed by atoms with Crippen LogP contribution in [0.15, 0.2) is 42.9 Å². The molecule has 2 aliphatic rings. The average Bonchev–Trinajstić information content (AvgIpc) is 3.45. The number of benzene rings is 1. The molecular formula is C25H28N6O. The van der Waals surface area contributed by atoms with Crippen molar-refractivity contribution in [2.24, 2.45) is 11.8 Å². The van der Waals surface area contributed by atoms with Crippen LogP contribution in [0.5, 0.6) is 0 Å². The zero-order valence-corrected chi connectivity index (χ0v) is 18.3. The summed E-state index contributed by atoms with van der Waals surface area (Å²) < 4.78 is 2.19. The molecule has 2 atom stereocenters. The lowest BCUT2D eigenvalue weighted by Crippen LogP contribution is -2.31. The van der Waals surface area contributed by atoms with Gasteiger partial charge in [0.25, 0.3) is 5.91 Å². The highest BCUT2D eigenvalue weighted by molar-refractivity contribution is 5.94. The van der Waals surface area contributed by atoms with Crippen molar-refractivity contribution in [2.45, 2.75) is 31.8 Å². The van der Waals surface area contributed by atoms with E-state index in [0.29, 0.717) is 17.3 Å². The van der Waals surface area contributed by atoms with Crippen LogP contribution >= 0.6 is 0 Å². The number of rotatable bonds is 4. The maximum atomic E-state index is 12.3. The number of likely N-dealkylation sites (tertiary alicyclic amines) is 1. The van der Waals surface area contributed by atoms with Gasteiger partial charge in [-0.1, -0.05) is 30.0 Å². The number of piperidine rings is 1. The number of nitrogens with one attached hydrogen (secondary N) is 1. The molecule has 5 rings (SSSR count). The highest BCUT2D eigenvalue weighted by Crippen LogP contribution is 2.31. The molecule has 0 bridgehead atoms. The predicted molar refractivity (Wildman–Crippen MR) is 125 cm³/mol. The van der Waals surface area contributed by atoms with E-state index in [2.05, 4.69) is 49.8 Å². The molecule has 164 valence electrons. The fourth-order valence-corrected chi connectivity index (χ4v) is 4.43. The molecule has 2 fully saturated rings. The third-order valence-electron chi connectivity index (χ3n) is 6.51. The van der Waals surface area contributed by atoms with Gasteiger partial charge in [0.2, 0.25) is 0 Å². The van der Waals surface area contributed by atoms with Gasteiger partial charge in [-0.25, -0.2) is 9.97 Å². The Morgan fingerprint density at radius 3 is 2.78 bits per heavy atom. The summed E-state index contributed by atoms with van der Waals surface area (Å²) in [5.74, 6) is 7.83. The minimum atomic E-state index is -0.0488. The summed E-state index contributed by atoms with van der Waals surface area (Å²) in [6, 6.07) is 9.37. The summed E-state index contributed by atoms with van der Waals surface area (Å²) in [6.45, 7) is 3.18. The molecule has 1 saturated carbocycles. The number of aromatic nitrogens is 3. The molecule has 3 aromatic rings. The number of nitrogen functional groups attached to an aromatic ring is 1. The lowest BCUT2D eigenvalue weighted by atomic mass is 9.97. The second-order valence-electron chi connectivity index (χ2n) is 8.96. The first-order valence-electron chi connectivity index (χ1n) is 11.2. The summed E-state index contributed by atoms with van der Waals surface area (Å²) in [4.78, 5) is 23.4. The molecule has 1 aromatic carbocycles. The van der Waals surface area contributed by atoms with E-state index in [-0.39, 0.29) is 17.9 Å². The Hall–Kier alpha value is -3.37. The zero-order chi connectivity index (χ0) is 22.1. The third kappa shape index (κ3) is 4.32. The van der Waals surface area contributed by atoms with Crippen LogP contribution in [0.1, 0.15) is 35.2 Å². The van der Waals surface area contributed by atoms with Crippen molar-refractivity contribution >= 4 is 22.8 Å². The minimum absolute atomic E-state index is 0.0488. The van der Waals surface area contributed by atoms with Gasteiger partial charge in [-0.05, 0) is 57.5 Å². The monoisotopic (exact) mass is 428 g/mol. The average molecular weight is 429 g/mol. The molecule has 0 spiro atoms. The van der Waals surface area contributed by atoms with Crippen molar-refractivity contribution in [3.05, 3.63) is 54.0 Å². The summed E-state index contributed by atoms with van der Waals surface area (Å²) in [7, 11) is 2.18. The Morgan fingerprint density at radius 2 is 2.00 bits per heavy atom. The van der Waals surface area contributed by atoms with Crippen LogP contribution in [0.3, 0.4) is 0 Å². The molecule has 1 amide bonds. The number of hydrogen-bond acceptors (Lipinski definition) is 5. The standard InChI is InChI=1S/C25H28N6O/c1-30-11-9-17(10-12-30)14-31-15-20(22-23(26)27-16-28-24(22)31)8-7-19-13-21(19)29-25(32)18-5-3-2-4-6-18/h2-6,15-17,19,21H,9-14H2,1H3,(H,29,32)(H2,26,27,28). The number of anilines is 1. The Morgan fingerprint density at radius 1 is 1.22 bits per heavy atom. The SMILES string of the molecule is CN1CCC(Cn2cc(C#CC3CC3NC(=O)c3ccccc3)c3c(N)ncnc32)CC1. The molecule has 3 N–H and O–H groups in total. The molecule has 32 heavy (non-hydrogen) atoms. The van der Waals surface area contributed by atoms with Crippen LogP contribution in [-0.4, -0.2) is 51.5 Å². The van der Waals surface area contributed by atoms with Crippen LogP contribution in [0.4, 0.5) is 5.82 Å². The number of hydrogen-bond donors (Lipinski definition) is 2. The molecule has 7 heteroatoms. The highest BCUT2D eigenvalue weighted by atomic mass is 16.1. The smallest absolute Gasteiger partial charge is 0.251 e. The van der Waals surface area contributed by atoms with Crippen molar-refractivity contribution in [2.75, 3.05) is 25.9 Å². The maximum Gasteiger partial charge on any atom is 0.251 e. The van der Waals surface area contributed by atoms with E-state index in [1.54, 1.807) is 0 Å². The van der Waals surface area contributed by atoms with Crippen molar-refractivity contribution in [1.82, 2.24) is 24.8 Å². The third-order valence-corrected chi connectivity index (χ3v) is 6.51. The second-order valence-corrected chi connectivity index (χ2v) is 8.96. The van der Waals surface area contributed by atoms with E-state index < -0.39 is 0 Å². The number of amides is 1. The fraction of sp³-hybridized carbons (Fsp3) is 0.400. The Bertz CT molecular complexity index is 1180. The topological polar surface area (TPSA) is 89.1 Å². The summed E-state index contributed by atoms with van der Waals surface area (Å²) >= 11 is 0. The van der Waals surface area contributed by atoms with Crippen LogP contribution in [0.2, 0.25) is 0 Å². The number of nitrogens with two attached hydrogens (primary N) is 1. The Balaban J connectivity index is 1.31. The molecular weight excluding hydrogens is 400 g/mol. The van der Waals surface area contributed by atoms with Crippen LogP contribution in [0, 0.1) is 23.7 Å². The molecule has 3 heterocycles. The van der Waals surface area contributed by atoms with Gasteiger partial charge in [-0.15, -0.1) is 0 Å². The Kier molecular flexibility index (Phi) is 5.54. The molecule has 1 aliphatic heterocycles. The van der Waals surface area contributed by atoms with Gasteiger partial charge in [0, 0.05) is 30.3 Å². The van der Waals surface area contributed by atoms with Crippen LogP contribution in [-0.2, 0) is 6.54 Å². The molecule has 2 aromatic heterocycles. The summed E-state index contributed by atoms with van der Waals surface area (Å²) in [5, 5.41) is 3.90. The van der Waals surface area contributed by atoms with E-state index >= 15 is 0 Å². The van der Waals surface area contributed by atoms with Gasteiger partial charge >= 0.3 is 0 Å². The van der Waals surface area contributed by atoms with E-state index in [1.807, 2.05) is 30.3 Å². The van der Waals surface area contributed by atoms with E-state index in [0.717, 1.165) is 42.7 Å². The summed E-state index contributed by atoms with van der Waals surface area (Å²) in [5.41, 5.74) is 8.60. The van der Waals surface area contributed by atoms with Gasteiger partial charge in [0.15, 0.2) is 0 Å². The van der Waals surface area contributed by atoms with Gasteiger partial charge in [0.05, 0.1) is 10.9 Å². The molecule has 1 saturated heterocycles. The molecule has 2 unspecified atom stereocenters. The second kappa shape index (κ2) is 8.64. The van der Waals surface area contributed by atoms with Crippen LogP contribution < -0.4 is 11.1 Å². The van der Waals surface area contributed by atoms with Crippen molar-refractivity contribution in [3.63, 3.8) is 0 Å². The lowest BCUT2D eigenvalue weighted by molar-refractivity contribution is 0.0950. The fourth-order valence-electron chi connectivity index (χ4n) is 4.43. The van der Waals surface area contributed by atoms with Gasteiger partial charge in [-0.2, -0.15) is 0 Å². The van der Waals surface area contributed by atoms with Crippen LogP contribution in [0.25, 0.3) is 11.0 Å². The molecule has 7 nitrogen and oxygen atoms in total. The maximum absolute atomic E-state index is 12.3. The number of carbonyl (C=O) groups excluding carboxylic acids is 1. The zero-order valence-electron chi connectivity index (χ0n) is 18.3. The lowest BCUT2D eigenvalue weighted by Gasteiger charge is -2.29. The predicted octanol–water partition coefficient (Wildman–Crippen LogP) is 2.53. The van der Waals surface area contributed by atoms with Crippen molar-refractivity contribution in [3.8, 4) is 11.8 Å². The van der Waals surface area contributed by atoms with E-state index in [4.69, 9.17) is 5.73 Å². The first kappa shape index (κ1) is 20.5. The minimum Gasteiger partial charge on any atom is -0.383 e. The summed E-state index contributed by atoms with van der Waals surface area (Å²) in [6.07, 6.45) is 6.83. The molecule has 1 aliphatic carbocycles. The normalized spacial score (nSPS) is 21.2. The first-order chi connectivity index (χ1) is 15.6. The van der Waals surface area contributed by atoms with E-state index in [9.17, 15) is 4.79 Å². The Labute approximate surface area is 188 Å². The van der Waals surface area contributed by atoms with Crippen molar-refractivity contribution < 1.29 is 4.79 Å². The first-order valence-corrected chi connectivity index (χ1v) is 11.2.